The average Bonchev–Trinajstić information content (AvgIpc) is 3.02. The van der Waals surface area contributed by atoms with Crippen LogP contribution in [0.5, 0.6) is 0 Å². The van der Waals surface area contributed by atoms with Crippen LogP contribution in [0.3, 0.4) is 0 Å². The second-order valence-corrected chi connectivity index (χ2v) is 7.11. The van der Waals surface area contributed by atoms with Crippen LogP contribution in [0.1, 0.15) is 39.5 Å². The van der Waals surface area contributed by atoms with Gasteiger partial charge in [-0.1, -0.05) is 6.92 Å². The number of hydrogen-bond acceptors (Lipinski definition) is 4. The van der Waals surface area contributed by atoms with Crippen LogP contribution < -0.4 is 0 Å². The lowest BCUT2D eigenvalue weighted by molar-refractivity contribution is -0.153. The smallest absolute Gasteiger partial charge is 0.290 e. The van der Waals surface area contributed by atoms with E-state index in [-0.39, 0.29) is 30.4 Å². The van der Waals surface area contributed by atoms with Crippen molar-refractivity contribution in [2.75, 3.05) is 32.7 Å². The van der Waals surface area contributed by atoms with Crippen molar-refractivity contribution in [2.24, 2.45) is 5.92 Å². The summed E-state index contributed by atoms with van der Waals surface area (Å²) in [6.07, 6.45) is 4.48. The molecule has 3 rings (SSSR count). The molecular weight excluding hydrogens is 310 g/mol. The van der Waals surface area contributed by atoms with Gasteiger partial charge in [0.25, 0.3) is 6.47 Å². The van der Waals surface area contributed by atoms with Crippen LogP contribution in [-0.4, -0.2) is 82.9 Å². The molecule has 2 atom stereocenters. The Balaban J connectivity index is 0.000000647. The third-order valence-electron chi connectivity index (χ3n) is 5.45. The summed E-state index contributed by atoms with van der Waals surface area (Å²) in [6.45, 7) is 8.02. The topological polar surface area (TPSA) is 81.2 Å². The molecule has 0 radical (unpaired) electrons. The molecule has 0 aromatic heterocycles. The summed E-state index contributed by atoms with van der Waals surface area (Å²) >= 11 is 0. The van der Waals surface area contributed by atoms with E-state index in [4.69, 9.17) is 9.90 Å². The zero-order chi connectivity index (χ0) is 17.7. The average molecular weight is 339 g/mol. The lowest BCUT2D eigenvalue weighted by Gasteiger charge is -2.42. The van der Waals surface area contributed by atoms with E-state index in [0.717, 1.165) is 44.9 Å². The van der Waals surface area contributed by atoms with Gasteiger partial charge in [-0.05, 0) is 51.6 Å². The molecule has 0 bridgehead atoms. The fourth-order valence-corrected chi connectivity index (χ4v) is 3.89. The normalized spacial score (nSPS) is 28.2. The fourth-order valence-electron chi connectivity index (χ4n) is 3.89. The molecule has 136 valence electrons. The first-order chi connectivity index (χ1) is 11.5. The van der Waals surface area contributed by atoms with Crippen LogP contribution >= 0.6 is 0 Å². The van der Waals surface area contributed by atoms with Crippen molar-refractivity contribution in [3.63, 3.8) is 0 Å². The Morgan fingerprint density at radius 2 is 1.83 bits per heavy atom. The number of carboxylic acid groups (broad SMARTS) is 1. The van der Waals surface area contributed by atoms with Crippen molar-refractivity contribution in [1.82, 2.24) is 14.7 Å². The summed E-state index contributed by atoms with van der Waals surface area (Å²) in [5.41, 5.74) is 0. The molecule has 3 saturated heterocycles. The standard InChI is InChI=1S/C16H27N3O2.CH2O2/c1-12-5-8-17(9-6-12)11-15(20)19-10-14-4-3-7-18(14)16(21)13(19)2;2-1-3/h12-14H,3-11H2,1-2H3;1H,(H,2,3)/t13-,14-;/m0./s1. The molecule has 3 aliphatic rings. The summed E-state index contributed by atoms with van der Waals surface area (Å²) in [7, 11) is 0. The predicted octanol–water partition coefficient (Wildman–Crippen LogP) is 0.641. The number of piperidine rings is 1. The predicted molar refractivity (Wildman–Crippen MR) is 89.4 cm³/mol. The first-order valence-electron chi connectivity index (χ1n) is 8.88. The van der Waals surface area contributed by atoms with Gasteiger partial charge >= 0.3 is 0 Å². The quantitative estimate of drug-likeness (QED) is 0.747. The van der Waals surface area contributed by atoms with Crippen LogP contribution in [0.25, 0.3) is 0 Å². The van der Waals surface area contributed by atoms with Gasteiger partial charge in [0.05, 0.1) is 6.54 Å². The van der Waals surface area contributed by atoms with E-state index < -0.39 is 0 Å². The number of rotatable bonds is 2. The Hall–Kier alpha value is -1.63. The van der Waals surface area contributed by atoms with E-state index in [9.17, 15) is 9.59 Å². The molecule has 3 fully saturated rings. The van der Waals surface area contributed by atoms with Gasteiger partial charge in [0, 0.05) is 19.1 Å². The van der Waals surface area contributed by atoms with Crippen LogP contribution in [0.2, 0.25) is 0 Å². The first-order valence-corrected chi connectivity index (χ1v) is 8.88. The largest absolute Gasteiger partial charge is 0.483 e. The van der Waals surface area contributed by atoms with Crippen molar-refractivity contribution in [3.05, 3.63) is 0 Å². The molecule has 0 saturated carbocycles. The van der Waals surface area contributed by atoms with E-state index in [1.165, 1.54) is 12.8 Å². The first kappa shape index (κ1) is 18.7. The zero-order valence-corrected chi connectivity index (χ0v) is 14.7. The Morgan fingerprint density at radius 1 is 1.21 bits per heavy atom. The van der Waals surface area contributed by atoms with Crippen molar-refractivity contribution < 1.29 is 19.5 Å². The molecule has 1 N–H and O–H groups in total. The van der Waals surface area contributed by atoms with Crippen molar-refractivity contribution >= 4 is 18.3 Å². The van der Waals surface area contributed by atoms with Crippen LogP contribution in [0, 0.1) is 5.92 Å². The summed E-state index contributed by atoms with van der Waals surface area (Å²) in [6, 6.07) is -0.0189. The van der Waals surface area contributed by atoms with Gasteiger partial charge in [0.2, 0.25) is 11.8 Å². The lowest BCUT2D eigenvalue weighted by Crippen LogP contribution is -2.61. The number of likely N-dealkylation sites (tertiary alicyclic amines) is 1. The number of fused-ring (bicyclic) bond motifs is 1. The minimum Gasteiger partial charge on any atom is -0.483 e. The third kappa shape index (κ3) is 4.26. The number of amides is 2. The molecule has 7 nitrogen and oxygen atoms in total. The van der Waals surface area contributed by atoms with Gasteiger partial charge < -0.3 is 14.9 Å². The van der Waals surface area contributed by atoms with E-state index in [1.54, 1.807) is 0 Å². The maximum absolute atomic E-state index is 12.6. The zero-order valence-electron chi connectivity index (χ0n) is 14.7. The van der Waals surface area contributed by atoms with E-state index >= 15 is 0 Å². The summed E-state index contributed by atoms with van der Waals surface area (Å²) in [4.78, 5) is 39.4. The maximum atomic E-state index is 12.6. The number of carbonyl (C=O) groups excluding carboxylic acids is 2. The highest BCUT2D eigenvalue weighted by atomic mass is 16.3. The van der Waals surface area contributed by atoms with Gasteiger partial charge in [-0.15, -0.1) is 0 Å². The highest BCUT2D eigenvalue weighted by Gasteiger charge is 2.42. The molecule has 3 aliphatic heterocycles. The molecule has 0 unspecified atom stereocenters. The second kappa shape index (κ2) is 8.46. The number of piperazine rings is 1. The molecule has 0 spiro atoms. The molecular formula is C17H29N3O4. The van der Waals surface area contributed by atoms with E-state index in [0.29, 0.717) is 6.54 Å². The lowest BCUT2D eigenvalue weighted by atomic mass is 9.99. The number of carbonyl (C=O) groups is 3. The summed E-state index contributed by atoms with van der Waals surface area (Å²) in [5, 5.41) is 6.89. The summed E-state index contributed by atoms with van der Waals surface area (Å²) in [5.74, 6) is 1.06. The minimum absolute atomic E-state index is 0.136. The highest BCUT2D eigenvalue weighted by Crippen LogP contribution is 2.26. The van der Waals surface area contributed by atoms with E-state index in [2.05, 4.69) is 11.8 Å². The Kier molecular flexibility index (Phi) is 6.60. The monoisotopic (exact) mass is 339 g/mol. The van der Waals surface area contributed by atoms with Crippen LogP contribution in [0.4, 0.5) is 0 Å². The molecule has 2 amide bonds. The van der Waals surface area contributed by atoms with Gasteiger partial charge in [-0.2, -0.15) is 0 Å². The second-order valence-electron chi connectivity index (χ2n) is 7.11. The van der Waals surface area contributed by atoms with Crippen LogP contribution in [-0.2, 0) is 14.4 Å². The Morgan fingerprint density at radius 3 is 2.46 bits per heavy atom. The van der Waals surface area contributed by atoms with Gasteiger partial charge in [-0.25, -0.2) is 0 Å². The Labute approximate surface area is 143 Å². The summed E-state index contributed by atoms with van der Waals surface area (Å²) < 4.78 is 0. The van der Waals surface area contributed by atoms with Gasteiger partial charge in [0.1, 0.15) is 6.04 Å². The van der Waals surface area contributed by atoms with Gasteiger partial charge in [-0.3, -0.25) is 19.3 Å². The number of hydrogen-bond donors (Lipinski definition) is 1. The van der Waals surface area contributed by atoms with Crippen molar-refractivity contribution in [1.29, 1.82) is 0 Å². The fraction of sp³-hybridized carbons (Fsp3) is 0.824. The molecule has 0 aromatic carbocycles. The van der Waals surface area contributed by atoms with E-state index in [1.807, 2.05) is 16.7 Å². The van der Waals surface area contributed by atoms with Crippen molar-refractivity contribution in [2.45, 2.75) is 51.6 Å². The molecule has 24 heavy (non-hydrogen) atoms. The molecule has 0 aliphatic carbocycles. The van der Waals surface area contributed by atoms with Crippen molar-refractivity contribution in [3.8, 4) is 0 Å². The molecule has 7 heteroatoms. The minimum atomic E-state index is -0.282. The SMILES string of the molecule is CC1CCN(CC(=O)N2C[C@@H]3CCCN3C(=O)[C@@H]2C)CC1.O=CO. The number of nitrogens with zero attached hydrogens (tertiary/aromatic N) is 3. The Bertz CT molecular complexity index is 463. The molecule has 0 aromatic rings. The van der Waals surface area contributed by atoms with Crippen LogP contribution in [0.15, 0.2) is 0 Å². The maximum Gasteiger partial charge on any atom is 0.290 e. The van der Waals surface area contributed by atoms with Gasteiger partial charge in [0.15, 0.2) is 0 Å². The molecule has 3 heterocycles. The third-order valence-corrected chi connectivity index (χ3v) is 5.45. The highest BCUT2D eigenvalue weighted by molar-refractivity contribution is 5.89.